The van der Waals surface area contributed by atoms with Crippen LogP contribution in [0.25, 0.3) is 0 Å². The predicted molar refractivity (Wildman–Crippen MR) is 78.8 cm³/mol. The summed E-state index contributed by atoms with van der Waals surface area (Å²) in [5.74, 6) is -0.879. The number of aliphatic imine (C=N–C) groups is 1. The lowest BCUT2D eigenvalue weighted by molar-refractivity contribution is -0.124. The highest BCUT2D eigenvalue weighted by molar-refractivity contribution is 6.37. The van der Waals surface area contributed by atoms with Crippen LogP contribution in [0.4, 0.5) is 10.1 Å². The minimum absolute atomic E-state index is 0.118. The molecular weight excluding hydrogens is 259 g/mol. The molecule has 1 heterocycles. The number of hydrogen-bond donors (Lipinski definition) is 2. The van der Waals surface area contributed by atoms with Gasteiger partial charge in [-0.2, -0.15) is 0 Å². The molecule has 0 fully saturated rings. The van der Waals surface area contributed by atoms with E-state index in [-0.39, 0.29) is 18.3 Å². The first kappa shape index (κ1) is 15.9. The summed E-state index contributed by atoms with van der Waals surface area (Å²) in [6.45, 7) is 5.98. The Morgan fingerprint density at radius 1 is 1.35 bits per heavy atom. The number of nitrogen functional groups attached to an aromatic ring is 1. The Hall–Kier alpha value is -2.11. The van der Waals surface area contributed by atoms with Crippen molar-refractivity contribution in [1.82, 2.24) is 4.90 Å². The van der Waals surface area contributed by atoms with Crippen LogP contribution in [-0.4, -0.2) is 30.2 Å². The molecule has 1 atom stereocenters. The highest BCUT2D eigenvalue weighted by Gasteiger charge is 2.37. The second-order valence-electron chi connectivity index (χ2n) is 4.67. The maximum atomic E-state index is 13.9. The lowest BCUT2D eigenvalue weighted by Crippen LogP contribution is -2.50. The van der Waals surface area contributed by atoms with Gasteiger partial charge < -0.3 is 16.4 Å². The monoisotopic (exact) mass is 280 g/mol. The number of hydrogen-bond acceptors (Lipinski definition) is 4. The molecule has 1 unspecified atom stereocenters. The minimum atomic E-state index is -0.911. The van der Waals surface area contributed by atoms with E-state index in [0.717, 1.165) is 0 Å². The molecule has 20 heavy (non-hydrogen) atoms. The number of carbonyl (C=O) groups excluding carboxylic acids is 1. The molecule has 0 aliphatic carbocycles. The van der Waals surface area contributed by atoms with Crippen LogP contribution >= 0.6 is 0 Å². The molecule has 0 radical (unpaired) electrons. The molecule has 1 aromatic carbocycles. The summed E-state index contributed by atoms with van der Waals surface area (Å²) in [6, 6.07) is 4.29. The molecule has 5 nitrogen and oxygen atoms in total. The van der Waals surface area contributed by atoms with E-state index in [4.69, 9.17) is 11.5 Å². The van der Waals surface area contributed by atoms with Crippen LogP contribution in [0.2, 0.25) is 0 Å². The molecule has 0 saturated carbocycles. The Labute approximate surface area is 118 Å². The number of anilines is 1. The SMILES string of the molecule is CC.CN1CC(C)(c2cc(N)ccc2F)N=C(N)C1=O. The molecular formula is C14H21FN4O. The van der Waals surface area contributed by atoms with Crippen molar-refractivity contribution in [3.8, 4) is 0 Å². The Balaban J connectivity index is 0.000000956. The molecule has 0 bridgehead atoms. The number of nitrogens with zero attached hydrogens (tertiary/aromatic N) is 2. The third kappa shape index (κ3) is 2.89. The van der Waals surface area contributed by atoms with Crippen molar-refractivity contribution in [1.29, 1.82) is 0 Å². The number of amidine groups is 1. The number of carbonyl (C=O) groups is 1. The van der Waals surface area contributed by atoms with Crippen LogP contribution in [0.15, 0.2) is 23.2 Å². The van der Waals surface area contributed by atoms with Gasteiger partial charge in [-0.15, -0.1) is 0 Å². The molecule has 110 valence electrons. The highest BCUT2D eigenvalue weighted by Crippen LogP contribution is 2.32. The van der Waals surface area contributed by atoms with E-state index in [1.807, 2.05) is 13.8 Å². The predicted octanol–water partition coefficient (Wildman–Crippen LogP) is 1.48. The number of nitrogens with two attached hydrogens (primary N) is 2. The zero-order chi connectivity index (χ0) is 15.5. The fraction of sp³-hybridized carbons (Fsp3) is 0.429. The lowest BCUT2D eigenvalue weighted by Gasteiger charge is -2.35. The number of amides is 1. The molecule has 4 N–H and O–H groups in total. The van der Waals surface area contributed by atoms with E-state index in [9.17, 15) is 9.18 Å². The van der Waals surface area contributed by atoms with Gasteiger partial charge in [0, 0.05) is 18.3 Å². The maximum absolute atomic E-state index is 13.9. The Kier molecular flexibility index (Phi) is 4.70. The first-order valence-electron chi connectivity index (χ1n) is 6.50. The molecule has 1 aliphatic rings. The van der Waals surface area contributed by atoms with Crippen molar-refractivity contribution in [2.24, 2.45) is 10.7 Å². The van der Waals surface area contributed by atoms with Crippen molar-refractivity contribution < 1.29 is 9.18 Å². The Morgan fingerprint density at radius 2 is 1.95 bits per heavy atom. The topological polar surface area (TPSA) is 84.7 Å². The average molecular weight is 280 g/mol. The molecule has 1 amide bonds. The quantitative estimate of drug-likeness (QED) is 0.764. The van der Waals surface area contributed by atoms with Gasteiger partial charge in [0.1, 0.15) is 11.4 Å². The van der Waals surface area contributed by atoms with Crippen LogP contribution in [0, 0.1) is 5.82 Å². The Morgan fingerprint density at radius 3 is 2.50 bits per heavy atom. The highest BCUT2D eigenvalue weighted by atomic mass is 19.1. The maximum Gasteiger partial charge on any atom is 0.288 e. The van der Waals surface area contributed by atoms with Crippen molar-refractivity contribution in [2.45, 2.75) is 26.3 Å². The third-order valence-electron chi connectivity index (χ3n) is 3.05. The second kappa shape index (κ2) is 5.90. The first-order chi connectivity index (χ1) is 9.33. The summed E-state index contributed by atoms with van der Waals surface area (Å²) in [6.07, 6.45) is 0. The van der Waals surface area contributed by atoms with Crippen LogP contribution in [0.3, 0.4) is 0 Å². The molecule has 1 aliphatic heterocycles. The fourth-order valence-electron chi connectivity index (χ4n) is 2.18. The van der Waals surface area contributed by atoms with Crippen LogP contribution in [0.1, 0.15) is 26.3 Å². The lowest BCUT2D eigenvalue weighted by atomic mass is 9.90. The normalized spacial score (nSPS) is 21.9. The number of benzene rings is 1. The van der Waals surface area contributed by atoms with Gasteiger partial charge in [0.05, 0.1) is 6.54 Å². The van der Waals surface area contributed by atoms with Gasteiger partial charge in [-0.05, 0) is 25.1 Å². The van der Waals surface area contributed by atoms with Gasteiger partial charge in [-0.3, -0.25) is 9.79 Å². The van der Waals surface area contributed by atoms with E-state index in [0.29, 0.717) is 11.3 Å². The smallest absolute Gasteiger partial charge is 0.288 e. The summed E-state index contributed by atoms with van der Waals surface area (Å²) in [4.78, 5) is 17.1. The summed E-state index contributed by atoms with van der Waals surface area (Å²) in [5.41, 5.74) is 11.1. The summed E-state index contributed by atoms with van der Waals surface area (Å²) >= 11 is 0. The van der Waals surface area contributed by atoms with E-state index in [1.54, 1.807) is 14.0 Å². The van der Waals surface area contributed by atoms with Gasteiger partial charge in [0.25, 0.3) is 5.91 Å². The first-order valence-corrected chi connectivity index (χ1v) is 6.50. The molecule has 6 heteroatoms. The molecule has 0 spiro atoms. The zero-order valence-electron chi connectivity index (χ0n) is 12.3. The fourth-order valence-corrected chi connectivity index (χ4v) is 2.18. The molecule has 0 saturated heterocycles. The standard InChI is InChI=1S/C12H15FN4O.C2H6/c1-12(6-17(2)11(18)10(15)16-12)8-5-7(14)3-4-9(8)13;1-2/h3-5H,6,14H2,1-2H3,(H2,15,16);1-2H3. The minimum Gasteiger partial charge on any atom is -0.399 e. The van der Waals surface area contributed by atoms with E-state index < -0.39 is 11.4 Å². The van der Waals surface area contributed by atoms with Crippen LogP contribution in [0.5, 0.6) is 0 Å². The van der Waals surface area contributed by atoms with Gasteiger partial charge in [-0.1, -0.05) is 13.8 Å². The van der Waals surface area contributed by atoms with Crippen molar-refractivity contribution in [3.63, 3.8) is 0 Å². The number of halogens is 1. The summed E-state index contributed by atoms with van der Waals surface area (Å²) in [5, 5.41) is 0. The third-order valence-corrected chi connectivity index (χ3v) is 3.05. The second-order valence-corrected chi connectivity index (χ2v) is 4.67. The summed E-state index contributed by atoms with van der Waals surface area (Å²) < 4.78 is 13.9. The van der Waals surface area contributed by atoms with Crippen molar-refractivity contribution in [3.05, 3.63) is 29.6 Å². The van der Waals surface area contributed by atoms with Crippen molar-refractivity contribution in [2.75, 3.05) is 19.3 Å². The van der Waals surface area contributed by atoms with Gasteiger partial charge in [0.2, 0.25) is 0 Å². The zero-order valence-corrected chi connectivity index (χ0v) is 12.3. The molecule has 1 aromatic rings. The largest absolute Gasteiger partial charge is 0.399 e. The molecule has 2 rings (SSSR count). The van der Waals surface area contributed by atoms with Gasteiger partial charge in [-0.25, -0.2) is 4.39 Å². The van der Waals surface area contributed by atoms with E-state index in [1.165, 1.54) is 23.1 Å². The summed E-state index contributed by atoms with van der Waals surface area (Å²) in [7, 11) is 1.60. The van der Waals surface area contributed by atoms with Gasteiger partial charge in [0.15, 0.2) is 5.84 Å². The van der Waals surface area contributed by atoms with Crippen molar-refractivity contribution >= 4 is 17.4 Å². The number of likely N-dealkylation sites (N-methyl/N-ethyl adjacent to an activating group) is 1. The number of rotatable bonds is 1. The van der Waals surface area contributed by atoms with Crippen LogP contribution < -0.4 is 11.5 Å². The van der Waals surface area contributed by atoms with Crippen LogP contribution in [-0.2, 0) is 10.3 Å². The van der Waals surface area contributed by atoms with Gasteiger partial charge >= 0.3 is 0 Å². The molecule has 0 aromatic heterocycles. The Bertz CT molecular complexity index is 544. The van der Waals surface area contributed by atoms with E-state index >= 15 is 0 Å². The average Bonchev–Trinajstić information content (AvgIpc) is 2.41. The van der Waals surface area contributed by atoms with E-state index in [2.05, 4.69) is 4.99 Å².